The van der Waals surface area contributed by atoms with Gasteiger partial charge in [0, 0.05) is 6.42 Å². The smallest absolute Gasteiger partial charge is 0.303 e. The molecule has 0 radical (unpaired) electrons. The maximum absolute atomic E-state index is 9.60. The Morgan fingerprint density at radius 1 is 1.89 bits per heavy atom. The lowest BCUT2D eigenvalue weighted by molar-refractivity contribution is -0.137. The van der Waals surface area contributed by atoms with Gasteiger partial charge in [0.1, 0.15) is 5.40 Å². The number of hydrogen-bond donors (Lipinski definition) is 2. The van der Waals surface area contributed by atoms with Gasteiger partial charge in [0.15, 0.2) is 0 Å². The van der Waals surface area contributed by atoms with Crippen molar-refractivity contribution in [1.29, 1.82) is 5.26 Å². The summed E-state index contributed by atoms with van der Waals surface area (Å²) < 4.78 is 0. The molecule has 0 fully saturated rings. The van der Waals surface area contributed by atoms with E-state index >= 15 is 0 Å². The summed E-state index contributed by atoms with van der Waals surface area (Å²) in [5.41, 5.74) is 0. The molecule has 0 aromatic carbocycles. The molecule has 1 N–H and O–H groups in total. The first-order valence-corrected chi connectivity index (χ1v) is 2.88. The van der Waals surface area contributed by atoms with Gasteiger partial charge in [-0.2, -0.15) is 5.26 Å². The molecule has 52 valence electrons. The van der Waals surface area contributed by atoms with Gasteiger partial charge in [-0.1, -0.05) is 19.6 Å². The molecule has 0 heterocycles. The Morgan fingerprint density at radius 3 is 2.22 bits per heavy atom. The molecule has 0 aliphatic carbocycles. The van der Waals surface area contributed by atoms with Crippen LogP contribution in [0.5, 0.6) is 0 Å². The first-order valence-electron chi connectivity index (χ1n) is 2.44. The van der Waals surface area contributed by atoms with Gasteiger partial charge >= 0.3 is 5.97 Å². The van der Waals surface area contributed by atoms with Gasteiger partial charge in [-0.15, -0.1) is 0 Å². The van der Waals surface area contributed by atoms with Crippen molar-refractivity contribution in [3.05, 3.63) is 0 Å². The van der Waals surface area contributed by atoms with E-state index in [0.717, 1.165) is 6.42 Å². The van der Waals surface area contributed by atoms with Crippen molar-refractivity contribution in [1.82, 2.24) is 0 Å². The molecule has 9 heavy (non-hydrogen) atoms. The van der Waals surface area contributed by atoms with Gasteiger partial charge < -0.3 is 5.11 Å². The largest absolute Gasteiger partial charge is 0.481 e. The maximum atomic E-state index is 9.60. The topological polar surface area (TPSA) is 61.1 Å². The number of nitriles is 1. The van der Waals surface area contributed by atoms with Crippen LogP contribution in [0.2, 0.25) is 0 Å². The molecule has 0 aliphatic heterocycles. The lowest BCUT2D eigenvalue weighted by Crippen LogP contribution is -1.90. The predicted octanol–water partition coefficient (Wildman–Crippen LogP) is 1.27. The van der Waals surface area contributed by atoms with Crippen LogP contribution in [-0.2, 0) is 4.79 Å². The fourth-order valence-corrected chi connectivity index (χ4v) is 0.214. The van der Waals surface area contributed by atoms with E-state index in [1.165, 1.54) is 5.40 Å². The van der Waals surface area contributed by atoms with E-state index in [0.29, 0.717) is 6.42 Å². The lowest BCUT2D eigenvalue weighted by Gasteiger charge is -1.79. The van der Waals surface area contributed by atoms with Crippen LogP contribution >= 0.6 is 12.6 Å². The van der Waals surface area contributed by atoms with E-state index in [1.54, 1.807) is 0 Å². The van der Waals surface area contributed by atoms with E-state index in [2.05, 4.69) is 12.6 Å². The number of carboxylic acids is 1. The van der Waals surface area contributed by atoms with Gasteiger partial charge in [0.25, 0.3) is 0 Å². The molecule has 3 nitrogen and oxygen atoms in total. The molecule has 0 spiro atoms. The third-order valence-corrected chi connectivity index (χ3v) is 0.464. The summed E-state index contributed by atoms with van der Waals surface area (Å²) in [5.74, 6) is -0.711. The number of nitrogens with zero attached hydrogens (tertiary/aromatic N) is 1. The highest BCUT2D eigenvalue weighted by Gasteiger charge is 1.87. The zero-order valence-electron chi connectivity index (χ0n) is 5.16. The van der Waals surface area contributed by atoms with E-state index in [9.17, 15) is 4.79 Å². The van der Waals surface area contributed by atoms with Crippen LogP contribution < -0.4 is 0 Å². The van der Waals surface area contributed by atoms with E-state index in [-0.39, 0.29) is 0 Å². The second-order valence-corrected chi connectivity index (χ2v) is 1.44. The quantitative estimate of drug-likeness (QED) is 0.456. The molecule has 0 aromatic heterocycles. The number of hydrogen-bond acceptors (Lipinski definition) is 3. The maximum Gasteiger partial charge on any atom is 0.303 e. The molecule has 0 atom stereocenters. The average Bonchev–Trinajstić information content (AvgIpc) is 1.67. The van der Waals surface area contributed by atoms with Crippen LogP contribution in [0.3, 0.4) is 0 Å². The van der Waals surface area contributed by atoms with Gasteiger partial charge in [-0.05, 0) is 6.42 Å². The summed E-state index contributed by atoms with van der Waals surface area (Å²) in [6, 6.07) is 0. The van der Waals surface area contributed by atoms with E-state index < -0.39 is 5.97 Å². The van der Waals surface area contributed by atoms with Gasteiger partial charge in [-0.3, -0.25) is 4.79 Å². The Balaban J connectivity index is 0. The Kier molecular flexibility index (Phi) is 12.8. The SMILES string of the molecule is CCCC(=O)O.N#CS. The van der Waals surface area contributed by atoms with Crippen molar-refractivity contribution in [2.24, 2.45) is 0 Å². The minimum Gasteiger partial charge on any atom is -0.481 e. The monoisotopic (exact) mass is 147 g/mol. The standard InChI is InChI=1S/C4H8O2.CHNS/c1-2-3-4(5)6;2-1-3/h2-3H2,1H3,(H,5,6);3H. The Labute approximate surface area is 59.7 Å². The van der Waals surface area contributed by atoms with Crippen LogP contribution in [0.1, 0.15) is 19.8 Å². The Bertz CT molecular complexity index is 108. The zero-order valence-corrected chi connectivity index (χ0v) is 6.06. The van der Waals surface area contributed by atoms with Crippen LogP contribution in [-0.4, -0.2) is 11.1 Å². The van der Waals surface area contributed by atoms with E-state index in [1.807, 2.05) is 6.92 Å². The van der Waals surface area contributed by atoms with Crippen LogP contribution in [0.25, 0.3) is 0 Å². The first kappa shape index (κ1) is 11.2. The molecular weight excluding hydrogens is 138 g/mol. The highest BCUT2D eigenvalue weighted by atomic mass is 32.1. The molecule has 0 rings (SSSR count). The molecule has 0 bridgehead atoms. The summed E-state index contributed by atoms with van der Waals surface area (Å²) in [5, 5.41) is 16.5. The Hall–Kier alpha value is -0.690. The average molecular weight is 147 g/mol. The highest BCUT2D eigenvalue weighted by Crippen LogP contribution is 1.82. The van der Waals surface area contributed by atoms with Crippen molar-refractivity contribution in [3.63, 3.8) is 0 Å². The minimum atomic E-state index is -0.711. The van der Waals surface area contributed by atoms with Crippen molar-refractivity contribution in [2.45, 2.75) is 19.8 Å². The van der Waals surface area contributed by atoms with Crippen molar-refractivity contribution in [2.75, 3.05) is 0 Å². The number of carbonyl (C=O) groups is 1. The summed E-state index contributed by atoms with van der Waals surface area (Å²) >= 11 is 3.09. The zero-order chi connectivity index (χ0) is 7.70. The lowest BCUT2D eigenvalue weighted by atomic mass is 10.4. The molecular formula is C5H9NO2S. The van der Waals surface area contributed by atoms with Crippen molar-refractivity contribution in [3.8, 4) is 5.40 Å². The summed E-state index contributed by atoms with van der Waals surface area (Å²) in [7, 11) is 0. The van der Waals surface area contributed by atoms with E-state index in [4.69, 9.17) is 10.4 Å². The number of thiocyanates is 1. The van der Waals surface area contributed by atoms with Crippen LogP contribution in [0.15, 0.2) is 0 Å². The first-order chi connectivity index (χ1) is 4.18. The third-order valence-electron chi connectivity index (χ3n) is 0.464. The summed E-state index contributed by atoms with van der Waals surface area (Å²) in [6.07, 6.45) is 1.02. The predicted molar refractivity (Wildman–Crippen MR) is 37.1 cm³/mol. The molecule has 4 heteroatoms. The molecule has 0 amide bonds. The molecule has 0 saturated heterocycles. The van der Waals surface area contributed by atoms with Crippen molar-refractivity contribution < 1.29 is 9.90 Å². The fourth-order valence-electron chi connectivity index (χ4n) is 0.214. The molecule has 0 saturated carbocycles. The Morgan fingerprint density at radius 2 is 2.22 bits per heavy atom. The number of aliphatic carboxylic acids is 1. The van der Waals surface area contributed by atoms with Gasteiger partial charge in [0.2, 0.25) is 0 Å². The summed E-state index contributed by atoms with van der Waals surface area (Å²) in [4.78, 5) is 9.60. The van der Waals surface area contributed by atoms with Gasteiger partial charge in [0.05, 0.1) is 0 Å². The number of carboxylic acid groups (broad SMARTS) is 1. The molecule has 0 aromatic rings. The normalized spacial score (nSPS) is 6.33. The molecule has 0 aliphatic rings. The second kappa shape index (κ2) is 10.3. The van der Waals surface area contributed by atoms with Crippen molar-refractivity contribution >= 4 is 18.6 Å². The second-order valence-electron chi connectivity index (χ2n) is 1.24. The van der Waals surface area contributed by atoms with Crippen LogP contribution in [0, 0.1) is 10.7 Å². The fraction of sp³-hybridized carbons (Fsp3) is 0.600. The number of rotatable bonds is 2. The third kappa shape index (κ3) is 38.6. The van der Waals surface area contributed by atoms with Gasteiger partial charge in [-0.25, -0.2) is 0 Å². The minimum absolute atomic E-state index is 0.292. The van der Waals surface area contributed by atoms with Crippen LogP contribution in [0.4, 0.5) is 0 Å². The molecule has 0 unspecified atom stereocenters. The number of thiol groups is 1. The summed E-state index contributed by atoms with van der Waals surface area (Å²) in [6.45, 7) is 1.84. The highest BCUT2D eigenvalue weighted by molar-refractivity contribution is 7.85.